The van der Waals surface area contributed by atoms with Gasteiger partial charge in [-0.15, -0.1) is 0 Å². The summed E-state index contributed by atoms with van der Waals surface area (Å²) in [4.78, 5) is 25.1. The molecule has 3 aromatic rings. The third kappa shape index (κ3) is 4.52. The molecule has 11 heteroatoms. The molecule has 0 unspecified atom stereocenters. The molecule has 0 aliphatic carbocycles. The lowest BCUT2D eigenvalue weighted by Crippen LogP contribution is -2.46. The predicted octanol–water partition coefficient (Wildman–Crippen LogP) is 2.90. The predicted molar refractivity (Wildman–Crippen MR) is 120 cm³/mol. The van der Waals surface area contributed by atoms with Gasteiger partial charge in [0.2, 0.25) is 0 Å². The average Bonchev–Trinajstić information content (AvgIpc) is 3.23. The number of H-pyrrole nitrogens is 1. The number of anilines is 2. The van der Waals surface area contributed by atoms with Crippen LogP contribution in [0.4, 0.5) is 16.3 Å². The van der Waals surface area contributed by atoms with Gasteiger partial charge >= 0.3 is 6.09 Å². The first-order valence-electron chi connectivity index (χ1n) is 10.4. The number of ether oxygens (including phenoxy) is 1. The number of piperidine rings is 1. The van der Waals surface area contributed by atoms with E-state index in [4.69, 9.17) is 4.74 Å². The van der Waals surface area contributed by atoms with Gasteiger partial charge in [-0.05, 0) is 51.0 Å². The van der Waals surface area contributed by atoms with Crippen molar-refractivity contribution in [2.75, 3.05) is 24.2 Å². The number of nitrogens with one attached hydrogen (secondary N) is 1. The highest BCUT2D eigenvalue weighted by Crippen LogP contribution is 2.34. The van der Waals surface area contributed by atoms with Gasteiger partial charge in [0.05, 0.1) is 22.6 Å². The lowest BCUT2D eigenvalue weighted by molar-refractivity contribution is 0.0694. The summed E-state index contributed by atoms with van der Waals surface area (Å²) in [5, 5.41) is 7.72. The second-order valence-electron chi connectivity index (χ2n) is 8.12. The number of hydrogen-bond acceptors (Lipinski definition) is 8. The van der Waals surface area contributed by atoms with E-state index in [-0.39, 0.29) is 23.1 Å². The number of likely N-dealkylation sites (tertiary alicyclic amines) is 1. The molecule has 3 heterocycles. The number of benzene rings is 1. The van der Waals surface area contributed by atoms with Crippen LogP contribution in [0.15, 0.2) is 41.7 Å². The average molecular weight is 459 g/mol. The molecule has 0 atom stereocenters. The molecule has 1 fully saturated rings. The number of nitrogens with zero attached hydrogens (tertiary/aromatic N) is 5. The van der Waals surface area contributed by atoms with Crippen molar-refractivity contribution in [2.45, 2.75) is 43.7 Å². The van der Waals surface area contributed by atoms with Crippen LogP contribution in [0, 0.1) is 0 Å². The van der Waals surface area contributed by atoms with Gasteiger partial charge in [0.15, 0.2) is 15.5 Å². The minimum Gasteiger partial charge on any atom is -0.447 e. The molecule has 0 radical (unpaired) electrons. The first-order chi connectivity index (χ1) is 15.2. The number of fused-ring (bicyclic) bond motifs is 1. The van der Waals surface area contributed by atoms with E-state index in [2.05, 4.69) is 25.1 Å². The molecule has 1 aromatic carbocycles. The number of carbonyl (C=O) groups is 1. The van der Waals surface area contributed by atoms with Crippen molar-refractivity contribution in [3.05, 3.63) is 36.8 Å². The lowest BCUT2D eigenvalue weighted by atomic mass is 10.0. The number of carbonyl (C=O) groups excluding carboxylic acids is 1. The highest BCUT2D eigenvalue weighted by Gasteiger charge is 2.31. The molecule has 32 heavy (non-hydrogen) atoms. The van der Waals surface area contributed by atoms with Gasteiger partial charge in [-0.3, -0.25) is 5.10 Å². The van der Waals surface area contributed by atoms with Crippen LogP contribution in [0.2, 0.25) is 0 Å². The molecule has 1 aliphatic heterocycles. The number of amides is 1. The fraction of sp³-hybridized carbons (Fsp3) is 0.429. The highest BCUT2D eigenvalue weighted by molar-refractivity contribution is 7.90. The van der Waals surface area contributed by atoms with Crippen molar-refractivity contribution < 1.29 is 17.9 Å². The normalized spacial score (nSPS) is 15.3. The topological polar surface area (TPSA) is 121 Å². The Balaban J connectivity index is 1.67. The monoisotopic (exact) mass is 458 g/mol. The van der Waals surface area contributed by atoms with Crippen LogP contribution < -0.4 is 4.90 Å². The van der Waals surface area contributed by atoms with E-state index in [0.29, 0.717) is 37.4 Å². The molecule has 1 N–H and O–H groups in total. The number of sulfone groups is 1. The lowest BCUT2D eigenvalue weighted by Gasteiger charge is -2.39. The van der Waals surface area contributed by atoms with Gasteiger partial charge in [-0.2, -0.15) is 5.10 Å². The summed E-state index contributed by atoms with van der Waals surface area (Å²) in [6.45, 7) is 4.76. The smallest absolute Gasteiger partial charge is 0.410 e. The Kier molecular flexibility index (Phi) is 6.00. The second-order valence-corrected chi connectivity index (χ2v) is 10.1. The van der Waals surface area contributed by atoms with Crippen molar-refractivity contribution in [1.82, 2.24) is 25.1 Å². The molecule has 0 bridgehead atoms. The Labute approximate surface area is 186 Å². The third-order valence-corrected chi connectivity index (χ3v) is 6.55. The van der Waals surface area contributed by atoms with Crippen LogP contribution in [0.3, 0.4) is 0 Å². The van der Waals surface area contributed by atoms with E-state index < -0.39 is 9.84 Å². The summed E-state index contributed by atoms with van der Waals surface area (Å²) in [5.41, 5.74) is 1.42. The highest BCUT2D eigenvalue weighted by atomic mass is 32.2. The zero-order valence-electron chi connectivity index (χ0n) is 18.2. The number of rotatable bonds is 5. The number of aromatic nitrogens is 4. The third-order valence-electron chi connectivity index (χ3n) is 5.42. The van der Waals surface area contributed by atoms with Crippen molar-refractivity contribution >= 4 is 38.5 Å². The van der Waals surface area contributed by atoms with E-state index in [1.807, 2.05) is 13.8 Å². The Bertz CT molecular complexity index is 1200. The summed E-state index contributed by atoms with van der Waals surface area (Å²) in [7, 11) is -3.30. The van der Waals surface area contributed by atoms with Gasteiger partial charge in [0, 0.05) is 31.1 Å². The maximum Gasteiger partial charge on any atom is 0.410 e. The fourth-order valence-electron chi connectivity index (χ4n) is 3.89. The first-order valence-corrected chi connectivity index (χ1v) is 12.3. The minimum atomic E-state index is -3.30. The Morgan fingerprint density at radius 2 is 1.88 bits per heavy atom. The van der Waals surface area contributed by atoms with Crippen LogP contribution in [0.5, 0.6) is 0 Å². The van der Waals surface area contributed by atoms with Gasteiger partial charge in [0.25, 0.3) is 0 Å². The van der Waals surface area contributed by atoms with Gasteiger partial charge in [-0.25, -0.2) is 23.2 Å². The van der Waals surface area contributed by atoms with Crippen LogP contribution in [0.25, 0.3) is 11.0 Å². The van der Waals surface area contributed by atoms with Crippen LogP contribution in [-0.2, 0) is 14.6 Å². The Morgan fingerprint density at radius 1 is 1.19 bits per heavy atom. The second kappa shape index (κ2) is 8.73. The number of hydrogen-bond donors (Lipinski definition) is 1. The Hall–Kier alpha value is -3.21. The molecule has 4 rings (SSSR count). The summed E-state index contributed by atoms with van der Waals surface area (Å²) >= 11 is 0. The van der Waals surface area contributed by atoms with Crippen molar-refractivity contribution in [3.63, 3.8) is 0 Å². The molecular formula is C21H26N6O4S. The molecule has 1 saturated heterocycles. The van der Waals surface area contributed by atoms with Crippen molar-refractivity contribution in [2.24, 2.45) is 0 Å². The molecule has 10 nitrogen and oxygen atoms in total. The summed E-state index contributed by atoms with van der Waals surface area (Å²) in [6, 6.07) is 6.80. The molecule has 170 valence electrons. The van der Waals surface area contributed by atoms with Crippen LogP contribution in [-0.4, -0.2) is 71.1 Å². The molecule has 0 saturated carbocycles. The SMILES string of the molecule is CC(C)OC(=O)N1CCC(N(c2ccc(S(C)(=O)=O)cc2)c2ncnc3[nH]ncc23)CC1. The van der Waals surface area contributed by atoms with Gasteiger partial charge in [0.1, 0.15) is 12.1 Å². The van der Waals surface area contributed by atoms with E-state index in [9.17, 15) is 13.2 Å². The zero-order valence-corrected chi connectivity index (χ0v) is 19.0. The maximum absolute atomic E-state index is 12.3. The summed E-state index contributed by atoms with van der Waals surface area (Å²) in [5.74, 6) is 0.680. The molecule has 1 amide bonds. The largest absolute Gasteiger partial charge is 0.447 e. The molecule has 1 aliphatic rings. The quantitative estimate of drug-likeness (QED) is 0.619. The maximum atomic E-state index is 12.3. The molecule has 0 spiro atoms. The standard InChI is InChI=1S/C21H26N6O4S/c1-14(2)31-21(28)26-10-8-16(9-11-26)27(15-4-6-17(7-5-15)32(3,29)30)20-18-12-24-25-19(18)22-13-23-20/h4-7,12-14,16H,8-11H2,1-3H3,(H,22,23,24,25). The van der Waals surface area contributed by atoms with Gasteiger partial charge in [-0.1, -0.05) is 0 Å². The Morgan fingerprint density at radius 3 is 2.50 bits per heavy atom. The van der Waals surface area contributed by atoms with Crippen LogP contribution >= 0.6 is 0 Å². The van der Waals surface area contributed by atoms with E-state index >= 15 is 0 Å². The summed E-state index contributed by atoms with van der Waals surface area (Å²) < 4.78 is 29.1. The number of aromatic amines is 1. The molecule has 2 aromatic heterocycles. The van der Waals surface area contributed by atoms with Crippen molar-refractivity contribution in [3.8, 4) is 0 Å². The van der Waals surface area contributed by atoms with Gasteiger partial charge < -0.3 is 14.5 Å². The van der Waals surface area contributed by atoms with E-state index in [1.54, 1.807) is 35.4 Å². The van der Waals surface area contributed by atoms with E-state index in [1.165, 1.54) is 12.6 Å². The van der Waals surface area contributed by atoms with E-state index in [0.717, 1.165) is 11.1 Å². The fourth-order valence-corrected chi connectivity index (χ4v) is 4.52. The van der Waals surface area contributed by atoms with Crippen LogP contribution in [0.1, 0.15) is 26.7 Å². The van der Waals surface area contributed by atoms with Crippen molar-refractivity contribution in [1.29, 1.82) is 0 Å². The summed E-state index contributed by atoms with van der Waals surface area (Å²) in [6.07, 6.45) is 5.27. The zero-order chi connectivity index (χ0) is 22.9. The molecular weight excluding hydrogens is 432 g/mol. The minimum absolute atomic E-state index is 0.0372. The first kappa shape index (κ1) is 22.0.